The first-order valence-corrected chi connectivity index (χ1v) is 9.31. The van der Waals surface area contributed by atoms with Crippen molar-refractivity contribution in [2.24, 2.45) is 0 Å². The molecule has 2 aromatic heterocycles. The molecule has 2 amide bonds. The fourth-order valence-corrected chi connectivity index (χ4v) is 3.62. The highest BCUT2D eigenvalue weighted by Gasteiger charge is 2.22. The zero-order valence-electron chi connectivity index (χ0n) is 15.6. The van der Waals surface area contributed by atoms with Gasteiger partial charge in [0.1, 0.15) is 5.82 Å². The monoisotopic (exact) mass is 378 g/mol. The number of urea groups is 1. The van der Waals surface area contributed by atoms with Crippen LogP contribution in [-0.4, -0.2) is 40.1 Å². The quantitative estimate of drug-likeness (QED) is 0.649. The summed E-state index contributed by atoms with van der Waals surface area (Å²) >= 11 is 0. The minimum atomic E-state index is -0.264. The lowest BCUT2D eigenvalue weighted by molar-refractivity contribution is 0.246. The number of pyridine rings is 1. The molecule has 0 bridgehead atoms. The number of amides is 2. The summed E-state index contributed by atoms with van der Waals surface area (Å²) in [5, 5.41) is 6.84. The largest absolute Gasteiger partial charge is 0.353 e. The third kappa shape index (κ3) is 3.95. The summed E-state index contributed by atoms with van der Waals surface area (Å²) in [7, 11) is 0. The second-order valence-corrected chi connectivity index (χ2v) is 7.02. The van der Waals surface area contributed by atoms with E-state index in [9.17, 15) is 9.59 Å². The van der Waals surface area contributed by atoms with E-state index in [0.717, 1.165) is 36.2 Å². The summed E-state index contributed by atoms with van der Waals surface area (Å²) in [6, 6.07) is 6.83. The van der Waals surface area contributed by atoms with Gasteiger partial charge in [-0.15, -0.1) is 0 Å². The van der Waals surface area contributed by atoms with E-state index in [1.54, 1.807) is 30.7 Å². The zero-order chi connectivity index (χ0) is 19.5. The summed E-state index contributed by atoms with van der Waals surface area (Å²) in [6.45, 7) is 3.48. The number of H-pyrrole nitrogens is 1. The van der Waals surface area contributed by atoms with Crippen molar-refractivity contribution in [3.8, 4) is 0 Å². The maximum absolute atomic E-state index is 12.5. The first-order valence-electron chi connectivity index (χ1n) is 9.31. The number of anilines is 2. The molecule has 3 heterocycles. The molecule has 1 aromatic carbocycles. The van der Waals surface area contributed by atoms with Gasteiger partial charge in [0.05, 0.1) is 11.7 Å². The van der Waals surface area contributed by atoms with Gasteiger partial charge in [0, 0.05) is 48.7 Å². The second-order valence-electron chi connectivity index (χ2n) is 7.02. The molecule has 0 radical (unpaired) electrons. The van der Waals surface area contributed by atoms with Crippen LogP contribution in [0.5, 0.6) is 0 Å². The van der Waals surface area contributed by atoms with Crippen LogP contribution < -0.4 is 21.1 Å². The number of rotatable bonds is 3. The molecule has 1 saturated heterocycles. The molecule has 0 aliphatic carbocycles. The Morgan fingerprint density at radius 3 is 3.00 bits per heavy atom. The predicted octanol–water partition coefficient (Wildman–Crippen LogP) is 2.42. The third-order valence-electron chi connectivity index (χ3n) is 4.94. The molecule has 8 nitrogen and oxygen atoms in total. The van der Waals surface area contributed by atoms with Crippen LogP contribution in [0.15, 0.2) is 47.7 Å². The number of hydrogen-bond donors (Lipinski definition) is 3. The molecule has 1 fully saturated rings. The standard InChI is InChI=1S/C20H22N6O2/c1-13-9-19(27)25-17-10-14(4-5-16(13)17)23-20(28)24-15-3-2-8-26(12-15)18-11-21-6-7-22-18/h4-7,9-11,15H,2-3,8,12H2,1H3,(H,25,27)(H2,23,24,28)/t15-/m1/s1. The minimum Gasteiger partial charge on any atom is -0.353 e. The number of hydrogen-bond acceptors (Lipinski definition) is 5. The van der Waals surface area contributed by atoms with E-state index in [-0.39, 0.29) is 17.6 Å². The Morgan fingerprint density at radius 2 is 2.18 bits per heavy atom. The Kier molecular flexibility index (Phi) is 4.92. The highest BCUT2D eigenvalue weighted by Crippen LogP contribution is 2.20. The molecule has 0 unspecified atom stereocenters. The average Bonchev–Trinajstić information content (AvgIpc) is 2.68. The van der Waals surface area contributed by atoms with E-state index in [1.165, 1.54) is 0 Å². The molecular weight excluding hydrogens is 356 g/mol. The molecule has 1 aliphatic rings. The summed E-state index contributed by atoms with van der Waals surface area (Å²) in [4.78, 5) is 37.5. The predicted molar refractivity (Wildman–Crippen MR) is 109 cm³/mol. The highest BCUT2D eigenvalue weighted by molar-refractivity contribution is 5.93. The minimum absolute atomic E-state index is 0.0262. The van der Waals surface area contributed by atoms with Gasteiger partial charge in [-0.25, -0.2) is 9.78 Å². The van der Waals surface area contributed by atoms with E-state index < -0.39 is 0 Å². The van der Waals surface area contributed by atoms with Gasteiger partial charge in [-0.05, 0) is 37.5 Å². The fraction of sp³-hybridized carbons (Fsp3) is 0.300. The van der Waals surface area contributed by atoms with Crippen LogP contribution in [0.2, 0.25) is 0 Å². The number of aromatic amines is 1. The molecule has 3 N–H and O–H groups in total. The number of nitrogens with one attached hydrogen (secondary N) is 3. The van der Waals surface area contributed by atoms with Gasteiger partial charge in [0.25, 0.3) is 0 Å². The maximum atomic E-state index is 12.5. The SMILES string of the molecule is Cc1cc(=O)[nH]c2cc(NC(=O)N[C@@H]3CCCN(c4cnccn4)C3)ccc12. The molecule has 1 atom stereocenters. The van der Waals surface area contributed by atoms with Gasteiger partial charge < -0.3 is 20.5 Å². The summed E-state index contributed by atoms with van der Waals surface area (Å²) in [5.74, 6) is 0.822. The third-order valence-corrected chi connectivity index (χ3v) is 4.94. The van der Waals surface area contributed by atoms with Crippen molar-refractivity contribution in [3.63, 3.8) is 0 Å². The Hall–Kier alpha value is -3.42. The van der Waals surface area contributed by atoms with Crippen LogP contribution in [0.4, 0.5) is 16.3 Å². The number of fused-ring (bicyclic) bond motifs is 1. The number of nitrogens with zero attached hydrogens (tertiary/aromatic N) is 3. The van der Waals surface area contributed by atoms with E-state index >= 15 is 0 Å². The number of benzene rings is 1. The molecule has 8 heteroatoms. The number of aryl methyl sites for hydroxylation is 1. The molecule has 28 heavy (non-hydrogen) atoms. The van der Waals surface area contributed by atoms with Crippen molar-refractivity contribution in [1.29, 1.82) is 0 Å². The van der Waals surface area contributed by atoms with Gasteiger partial charge in [0.15, 0.2) is 0 Å². The summed E-state index contributed by atoms with van der Waals surface area (Å²) in [5.41, 5.74) is 2.08. The van der Waals surface area contributed by atoms with Crippen molar-refractivity contribution in [3.05, 3.63) is 58.8 Å². The van der Waals surface area contributed by atoms with Gasteiger partial charge in [-0.3, -0.25) is 9.78 Å². The van der Waals surface area contributed by atoms with Crippen molar-refractivity contribution in [1.82, 2.24) is 20.3 Å². The topological polar surface area (TPSA) is 103 Å². The molecule has 3 aromatic rings. The van der Waals surface area contributed by atoms with Crippen molar-refractivity contribution >= 4 is 28.4 Å². The average molecular weight is 378 g/mol. The Balaban J connectivity index is 1.41. The Labute approximate surface area is 162 Å². The first-order chi connectivity index (χ1) is 13.6. The number of piperidine rings is 1. The lowest BCUT2D eigenvalue weighted by atomic mass is 10.1. The van der Waals surface area contributed by atoms with E-state index in [1.807, 2.05) is 19.1 Å². The van der Waals surface area contributed by atoms with Crippen LogP contribution in [0.25, 0.3) is 10.9 Å². The van der Waals surface area contributed by atoms with Crippen LogP contribution in [-0.2, 0) is 0 Å². The van der Waals surface area contributed by atoms with Crippen molar-refractivity contribution < 1.29 is 4.79 Å². The smallest absolute Gasteiger partial charge is 0.319 e. The van der Waals surface area contributed by atoms with E-state index in [0.29, 0.717) is 17.7 Å². The second kappa shape index (κ2) is 7.67. The van der Waals surface area contributed by atoms with Gasteiger partial charge >= 0.3 is 6.03 Å². The fourth-order valence-electron chi connectivity index (χ4n) is 3.62. The van der Waals surface area contributed by atoms with Crippen LogP contribution >= 0.6 is 0 Å². The lowest BCUT2D eigenvalue weighted by Crippen LogP contribution is -2.49. The van der Waals surface area contributed by atoms with Crippen LogP contribution in [0.1, 0.15) is 18.4 Å². The molecule has 1 aliphatic heterocycles. The summed E-state index contributed by atoms with van der Waals surface area (Å²) in [6.07, 6.45) is 6.94. The number of carbonyl (C=O) groups excluding carboxylic acids is 1. The van der Waals surface area contributed by atoms with Crippen molar-refractivity contribution in [2.75, 3.05) is 23.3 Å². The Bertz CT molecular complexity index is 1050. The van der Waals surface area contributed by atoms with Crippen LogP contribution in [0.3, 0.4) is 0 Å². The molecule has 4 rings (SSSR count). The summed E-state index contributed by atoms with van der Waals surface area (Å²) < 4.78 is 0. The van der Waals surface area contributed by atoms with Gasteiger partial charge in [0.2, 0.25) is 5.56 Å². The van der Waals surface area contributed by atoms with E-state index in [4.69, 9.17) is 0 Å². The number of aromatic nitrogens is 3. The molecular formula is C20H22N6O2. The number of carbonyl (C=O) groups is 1. The molecule has 0 spiro atoms. The van der Waals surface area contributed by atoms with Crippen molar-refractivity contribution in [2.45, 2.75) is 25.8 Å². The van der Waals surface area contributed by atoms with Gasteiger partial charge in [-0.1, -0.05) is 6.07 Å². The molecule has 0 saturated carbocycles. The lowest BCUT2D eigenvalue weighted by Gasteiger charge is -2.33. The Morgan fingerprint density at radius 1 is 1.29 bits per heavy atom. The highest BCUT2D eigenvalue weighted by atomic mass is 16.2. The first kappa shape index (κ1) is 18.0. The maximum Gasteiger partial charge on any atom is 0.319 e. The van der Waals surface area contributed by atoms with Crippen LogP contribution in [0, 0.1) is 6.92 Å². The zero-order valence-corrected chi connectivity index (χ0v) is 15.6. The van der Waals surface area contributed by atoms with E-state index in [2.05, 4.69) is 30.5 Å². The molecule has 144 valence electrons. The van der Waals surface area contributed by atoms with Gasteiger partial charge in [-0.2, -0.15) is 0 Å². The normalized spacial score (nSPS) is 16.8.